The second kappa shape index (κ2) is 10.3. The van der Waals surface area contributed by atoms with Gasteiger partial charge in [0.15, 0.2) is 0 Å². The smallest absolute Gasteiger partial charge is 0.488 e. The van der Waals surface area contributed by atoms with Crippen LogP contribution in [0.1, 0.15) is 18.4 Å². The molecule has 0 saturated heterocycles. The van der Waals surface area contributed by atoms with Crippen LogP contribution in [-0.2, 0) is 4.74 Å². The Morgan fingerprint density at radius 3 is 2.74 bits per heavy atom. The monoisotopic (exact) mass is 453 g/mol. The number of halogens is 1. The number of nitrogens with zero attached hydrogens (tertiary/aromatic N) is 1. The van der Waals surface area contributed by atoms with Crippen molar-refractivity contribution in [3.8, 4) is 5.75 Å². The summed E-state index contributed by atoms with van der Waals surface area (Å²) in [5.41, 5.74) is 1.19. The third-order valence-corrected chi connectivity index (χ3v) is 4.97. The SMILES string of the molecule is COc1ccc(B(O)O)cc1[C@@H](C)CN(C)C(=O)OCCSI. The Morgan fingerprint density at radius 1 is 1.48 bits per heavy atom. The minimum Gasteiger partial charge on any atom is -0.496 e. The number of carbonyl (C=O) groups is 1. The molecule has 1 aromatic carbocycles. The van der Waals surface area contributed by atoms with Gasteiger partial charge in [-0.25, -0.2) is 4.79 Å². The number of hydrogen-bond acceptors (Lipinski definition) is 6. The largest absolute Gasteiger partial charge is 0.496 e. The molecule has 0 aliphatic heterocycles. The fraction of sp³-hybridized carbons (Fsp3) is 0.500. The Labute approximate surface area is 153 Å². The van der Waals surface area contributed by atoms with Gasteiger partial charge >= 0.3 is 13.2 Å². The van der Waals surface area contributed by atoms with Gasteiger partial charge in [-0.1, -0.05) is 28.0 Å². The summed E-state index contributed by atoms with van der Waals surface area (Å²) in [4.78, 5) is 13.4. The average molecular weight is 453 g/mol. The lowest BCUT2D eigenvalue weighted by Crippen LogP contribution is -2.33. The predicted molar refractivity (Wildman–Crippen MR) is 102 cm³/mol. The summed E-state index contributed by atoms with van der Waals surface area (Å²) in [6.45, 7) is 2.74. The van der Waals surface area contributed by atoms with Crippen LogP contribution in [0.2, 0.25) is 0 Å². The summed E-state index contributed by atoms with van der Waals surface area (Å²) in [5.74, 6) is 1.34. The molecule has 23 heavy (non-hydrogen) atoms. The number of hydrogen-bond donors (Lipinski definition) is 2. The van der Waals surface area contributed by atoms with Gasteiger partial charge < -0.3 is 24.4 Å². The van der Waals surface area contributed by atoms with Gasteiger partial charge in [-0.2, -0.15) is 0 Å². The van der Waals surface area contributed by atoms with E-state index in [1.165, 1.54) is 4.90 Å². The van der Waals surface area contributed by atoms with Crippen molar-refractivity contribution in [2.45, 2.75) is 12.8 Å². The Hall–Kier alpha value is -0.645. The number of carbonyl (C=O) groups excluding carboxylic acids is 1. The van der Waals surface area contributed by atoms with Crippen LogP contribution in [-0.4, -0.2) is 61.2 Å². The summed E-state index contributed by atoms with van der Waals surface area (Å²) in [5, 5.41) is 18.6. The van der Waals surface area contributed by atoms with Gasteiger partial charge in [-0.05, 0) is 38.3 Å². The van der Waals surface area contributed by atoms with Crippen molar-refractivity contribution in [1.29, 1.82) is 0 Å². The molecule has 0 aliphatic carbocycles. The van der Waals surface area contributed by atoms with Crippen LogP contribution >= 0.6 is 30.1 Å². The lowest BCUT2D eigenvalue weighted by atomic mass is 9.78. The van der Waals surface area contributed by atoms with Crippen LogP contribution in [0.25, 0.3) is 0 Å². The first-order chi connectivity index (χ1) is 10.9. The van der Waals surface area contributed by atoms with Gasteiger partial charge in [0.1, 0.15) is 12.4 Å². The highest BCUT2D eigenvalue weighted by atomic mass is 127. The number of ether oxygens (including phenoxy) is 2. The molecule has 0 fully saturated rings. The molecule has 1 rings (SSSR count). The zero-order valence-corrected chi connectivity index (χ0v) is 16.3. The van der Waals surface area contributed by atoms with E-state index in [4.69, 9.17) is 9.47 Å². The topological polar surface area (TPSA) is 79.2 Å². The molecule has 0 radical (unpaired) electrons. The van der Waals surface area contributed by atoms with E-state index < -0.39 is 7.12 Å². The number of methoxy groups -OCH3 is 1. The minimum absolute atomic E-state index is 0.0554. The highest BCUT2D eigenvalue weighted by molar-refractivity contribution is 14.2. The normalized spacial score (nSPS) is 11.7. The molecule has 6 nitrogen and oxygen atoms in total. The molecule has 9 heteroatoms. The zero-order chi connectivity index (χ0) is 17.4. The molecule has 0 aliphatic rings. The molecule has 2 N–H and O–H groups in total. The van der Waals surface area contributed by atoms with E-state index in [2.05, 4.69) is 21.2 Å². The van der Waals surface area contributed by atoms with Gasteiger partial charge in [0.25, 0.3) is 0 Å². The summed E-state index contributed by atoms with van der Waals surface area (Å²) in [6, 6.07) is 4.97. The van der Waals surface area contributed by atoms with E-state index in [0.717, 1.165) is 11.3 Å². The first kappa shape index (κ1) is 20.4. The van der Waals surface area contributed by atoms with Crippen LogP contribution in [0.3, 0.4) is 0 Å². The fourth-order valence-corrected chi connectivity index (χ4v) is 2.84. The van der Waals surface area contributed by atoms with E-state index in [9.17, 15) is 14.8 Å². The van der Waals surface area contributed by atoms with Crippen molar-refractivity contribution >= 4 is 48.8 Å². The van der Waals surface area contributed by atoms with Crippen molar-refractivity contribution in [3.63, 3.8) is 0 Å². The second-order valence-corrected chi connectivity index (χ2v) is 7.58. The van der Waals surface area contributed by atoms with Crippen molar-refractivity contribution in [1.82, 2.24) is 4.90 Å². The van der Waals surface area contributed by atoms with Gasteiger partial charge in [-0.15, -0.1) is 0 Å². The zero-order valence-electron chi connectivity index (χ0n) is 13.4. The molecule has 128 valence electrons. The van der Waals surface area contributed by atoms with Gasteiger partial charge in [-0.3, -0.25) is 0 Å². The Balaban J connectivity index is 2.77. The minimum atomic E-state index is -1.54. The quantitative estimate of drug-likeness (QED) is 0.354. The highest BCUT2D eigenvalue weighted by Gasteiger charge is 2.20. The van der Waals surface area contributed by atoms with E-state index in [1.807, 2.05) is 6.92 Å². The van der Waals surface area contributed by atoms with E-state index in [0.29, 0.717) is 24.4 Å². The van der Waals surface area contributed by atoms with Crippen molar-refractivity contribution in [2.24, 2.45) is 0 Å². The van der Waals surface area contributed by atoms with E-state index in [-0.39, 0.29) is 12.0 Å². The third kappa shape index (κ3) is 6.40. The maximum Gasteiger partial charge on any atom is 0.488 e. The summed E-state index contributed by atoms with van der Waals surface area (Å²) >= 11 is 2.15. The van der Waals surface area contributed by atoms with Crippen LogP contribution in [0.4, 0.5) is 4.79 Å². The molecule has 0 unspecified atom stereocenters. The molecule has 0 saturated carbocycles. The van der Waals surface area contributed by atoms with E-state index >= 15 is 0 Å². The maximum atomic E-state index is 11.9. The Morgan fingerprint density at radius 2 is 2.17 bits per heavy atom. The van der Waals surface area contributed by atoms with Crippen molar-refractivity contribution < 1.29 is 24.3 Å². The van der Waals surface area contributed by atoms with Crippen molar-refractivity contribution in [2.75, 3.05) is 33.1 Å². The number of rotatable bonds is 8. The maximum absolute atomic E-state index is 11.9. The number of benzene rings is 1. The number of likely N-dealkylation sites (N-methyl/N-ethyl adjacent to an activating group) is 1. The lowest BCUT2D eigenvalue weighted by molar-refractivity contribution is 0.115. The summed E-state index contributed by atoms with van der Waals surface area (Å²) in [7, 11) is 3.27. The first-order valence-electron chi connectivity index (χ1n) is 7.06. The van der Waals surface area contributed by atoms with Crippen LogP contribution < -0.4 is 10.2 Å². The second-order valence-electron chi connectivity index (χ2n) is 5.08. The molecule has 0 heterocycles. The van der Waals surface area contributed by atoms with Gasteiger partial charge in [0.2, 0.25) is 0 Å². The molecular weight excluding hydrogens is 432 g/mol. The summed E-state index contributed by atoms with van der Waals surface area (Å²) < 4.78 is 10.5. The average Bonchev–Trinajstić information content (AvgIpc) is 2.53. The third-order valence-electron chi connectivity index (χ3n) is 3.33. The Kier molecular flexibility index (Phi) is 9.11. The van der Waals surface area contributed by atoms with Gasteiger partial charge in [0, 0.05) is 25.3 Å². The molecule has 0 bridgehead atoms. The standard InChI is InChI=1S/C14H21BINO5S/c1-10(9-17(2)14(18)22-6-7-23-16)12-8-11(15(19)20)4-5-13(12)21-3/h4-5,8,10,19-20H,6-7,9H2,1-3H3/t10-/m0/s1. The molecule has 1 amide bonds. The molecule has 1 atom stereocenters. The fourth-order valence-electron chi connectivity index (χ4n) is 2.15. The first-order valence-corrected chi connectivity index (χ1v) is 10.6. The molecule has 1 aromatic rings. The molecule has 0 aromatic heterocycles. The van der Waals surface area contributed by atoms with Crippen LogP contribution in [0.15, 0.2) is 18.2 Å². The van der Waals surface area contributed by atoms with Crippen LogP contribution in [0.5, 0.6) is 5.75 Å². The van der Waals surface area contributed by atoms with Crippen molar-refractivity contribution in [3.05, 3.63) is 23.8 Å². The molecular formula is C14H21BINO5S. The highest BCUT2D eigenvalue weighted by Crippen LogP contribution is 2.26. The lowest BCUT2D eigenvalue weighted by Gasteiger charge is -2.23. The number of amides is 1. The Bertz CT molecular complexity index is 520. The predicted octanol–water partition coefficient (Wildman–Crippen LogP) is 1.63. The molecule has 0 spiro atoms. The van der Waals surface area contributed by atoms with E-state index in [1.54, 1.807) is 41.3 Å². The summed E-state index contributed by atoms with van der Waals surface area (Å²) in [6.07, 6.45) is -0.375. The van der Waals surface area contributed by atoms with Crippen LogP contribution in [0, 0.1) is 0 Å². The van der Waals surface area contributed by atoms with Gasteiger partial charge in [0.05, 0.1) is 7.11 Å².